The first-order valence-electron chi connectivity index (χ1n) is 7.53. The van der Waals surface area contributed by atoms with E-state index < -0.39 is 0 Å². The fourth-order valence-electron chi connectivity index (χ4n) is 2.99. The molecule has 0 unspecified atom stereocenters. The van der Waals surface area contributed by atoms with Gasteiger partial charge in [0.25, 0.3) is 5.91 Å². The second kappa shape index (κ2) is 5.15. The van der Waals surface area contributed by atoms with E-state index in [1.165, 1.54) is 0 Å². The molecule has 3 heterocycles. The average Bonchev–Trinajstić information content (AvgIpc) is 3.21. The standard InChI is InChI=1S/C15H16N8O/c1-8-13(9(2)23-15(22(8)3)19-20-21-23)14(24)17-11-4-5-12-10(6-11)7-16-18-12/h4-7,9H,1-3H3,(H,16,18)(H,17,24)/t9-/m0/s1. The molecule has 1 aromatic carbocycles. The number of carbonyl (C=O) groups is 1. The van der Waals surface area contributed by atoms with Crippen LogP contribution in [0.3, 0.4) is 0 Å². The second-order valence-corrected chi connectivity index (χ2v) is 5.78. The summed E-state index contributed by atoms with van der Waals surface area (Å²) >= 11 is 0. The number of amides is 1. The SMILES string of the molecule is CC1=C(C(=O)Nc2ccc3[nH]ncc3c2)[C@H](C)n2nnnc2N1C. The number of aromatic amines is 1. The van der Waals surface area contributed by atoms with E-state index in [0.717, 1.165) is 16.6 Å². The Kier molecular flexibility index (Phi) is 3.08. The molecule has 122 valence electrons. The van der Waals surface area contributed by atoms with Gasteiger partial charge in [0.15, 0.2) is 0 Å². The number of allylic oxidation sites excluding steroid dienone is 1. The number of nitrogens with zero attached hydrogens (tertiary/aromatic N) is 6. The van der Waals surface area contributed by atoms with E-state index in [1.807, 2.05) is 44.0 Å². The van der Waals surface area contributed by atoms with Gasteiger partial charge in [0.05, 0.1) is 23.3 Å². The van der Waals surface area contributed by atoms with Gasteiger partial charge in [-0.25, -0.2) is 4.68 Å². The van der Waals surface area contributed by atoms with Gasteiger partial charge in [0, 0.05) is 23.8 Å². The van der Waals surface area contributed by atoms with Crippen LogP contribution in [0, 0.1) is 0 Å². The van der Waals surface area contributed by atoms with Crippen molar-refractivity contribution >= 4 is 28.4 Å². The zero-order valence-electron chi connectivity index (χ0n) is 13.5. The lowest BCUT2D eigenvalue weighted by Crippen LogP contribution is -2.34. The van der Waals surface area contributed by atoms with Crippen LogP contribution >= 0.6 is 0 Å². The number of benzene rings is 1. The zero-order chi connectivity index (χ0) is 16.8. The Morgan fingerprint density at radius 2 is 2.21 bits per heavy atom. The van der Waals surface area contributed by atoms with Crippen LogP contribution < -0.4 is 10.2 Å². The number of fused-ring (bicyclic) bond motifs is 2. The quantitative estimate of drug-likeness (QED) is 0.740. The van der Waals surface area contributed by atoms with Crippen LogP contribution in [0.4, 0.5) is 11.6 Å². The molecule has 0 fully saturated rings. The molecule has 9 heteroatoms. The molecule has 0 spiro atoms. The third kappa shape index (κ3) is 2.05. The van der Waals surface area contributed by atoms with Gasteiger partial charge < -0.3 is 10.2 Å². The minimum absolute atomic E-state index is 0.171. The summed E-state index contributed by atoms with van der Waals surface area (Å²) in [5.41, 5.74) is 3.09. The molecule has 1 amide bonds. The molecule has 0 bridgehead atoms. The molecule has 0 radical (unpaired) electrons. The minimum Gasteiger partial charge on any atom is -0.322 e. The first-order chi connectivity index (χ1) is 11.6. The number of anilines is 2. The highest BCUT2D eigenvalue weighted by Crippen LogP contribution is 2.32. The van der Waals surface area contributed by atoms with E-state index in [2.05, 4.69) is 31.0 Å². The number of tetrazole rings is 1. The van der Waals surface area contributed by atoms with Crippen molar-refractivity contribution in [1.82, 2.24) is 30.4 Å². The molecule has 2 N–H and O–H groups in total. The Morgan fingerprint density at radius 1 is 1.38 bits per heavy atom. The number of aromatic nitrogens is 6. The molecule has 3 aromatic rings. The van der Waals surface area contributed by atoms with Crippen LogP contribution in [-0.4, -0.2) is 43.4 Å². The normalized spacial score (nSPS) is 17.3. The van der Waals surface area contributed by atoms with Crippen molar-refractivity contribution in [2.45, 2.75) is 19.9 Å². The molecular weight excluding hydrogens is 308 g/mol. The first-order valence-corrected chi connectivity index (χ1v) is 7.53. The fourth-order valence-corrected chi connectivity index (χ4v) is 2.99. The van der Waals surface area contributed by atoms with Crippen molar-refractivity contribution < 1.29 is 4.79 Å². The smallest absolute Gasteiger partial charge is 0.255 e. The minimum atomic E-state index is -0.246. The van der Waals surface area contributed by atoms with Crippen LogP contribution in [-0.2, 0) is 4.79 Å². The first kappa shape index (κ1) is 14.4. The van der Waals surface area contributed by atoms with Crippen molar-refractivity contribution in [3.05, 3.63) is 35.7 Å². The van der Waals surface area contributed by atoms with Gasteiger partial charge in [-0.15, -0.1) is 0 Å². The van der Waals surface area contributed by atoms with Crippen molar-refractivity contribution in [3.63, 3.8) is 0 Å². The van der Waals surface area contributed by atoms with Crippen molar-refractivity contribution in [3.8, 4) is 0 Å². The number of hydrogen-bond donors (Lipinski definition) is 2. The zero-order valence-corrected chi connectivity index (χ0v) is 13.5. The molecule has 0 saturated heterocycles. The van der Waals surface area contributed by atoms with Gasteiger partial charge in [-0.3, -0.25) is 9.89 Å². The van der Waals surface area contributed by atoms with Gasteiger partial charge in [-0.05, 0) is 42.5 Å². The van der Waals surface area contributed by atoms with E-state index >= 15 is 0 Å². The number of H-pyrrole nitrogens is 1. The lowest BCUT2D eigenvalue weighted by atomic mass is 10.0. The van der Waals surface area contributed by atoms with Crippen LogP contribution in [0.5, 0.6) is 0 Å². The monoisotopic (exact) mass is 324 g/mol. The van der Waals surface area contributed by atoms with E-state index in [0.29, 0.717) is 17.2 Å². The lowest BCUT2D eigenvalue weighted by Gasteiger charge is -2.30. The Labute approximate surface area is 137 Å². The number of rotatable bonds is 2. The summed E-state index contributed by atoms with van der Waals surface area (Å²) in [6, 6.07) is 5.36. The molecule has 1 aliphatic heterocycles. The van der Waals surface area contributed by atoms with Gasteiger partial charge in [-0.2, -0.15) is 5.10 Å². The largest absolute Gasteiger partial charge is 0.322 e. The summed E-state index contributed by atoms with van der Waals surface area (Å²) in [5, 5.41) is 22.4. The van der Waals surface area contributed by atoms with E-state index in [-0.39, 0.29) is 11.9 Å². The maximum absolute atomic E-state index is 12.8. The van der Waals surface area contributed by atoms with Crippen LogP contribution in [0.15, 0.2) is 35.7 Å². The Hall–Kier alpha value is -3.23. The average molecular weight is 324 g/mol. The van der Waals surface area contributed by atoms with E-state index in [1.54, 1.807) is 10.9 Å². The summed E-state index contributed by atoms with van der Waals surface area (Å²) in [6.45, 7) is 3.80. The Balaban J connectivity index is 1.67. The highest BCUT2D eigenvalue weighted by molar-refractivity contribution is 6.06. The number of nitrogens with one attached hydrogen (secondary N) is 2. The summed E-state index contributed by atoms with van der Waals surface area (Å²) in [7, 11) is 1.84. The molecule has 0 saturated carbocycles. The third-order valence-electron chi connectivity index (χ3n) is 4.40. The van der Waals surface area contributed by atoms with Gasteiger partial charge in [0.1, 0.15) is 0 Å². The highest BCUT2D eigenvalue weighted by Gasteiger charge is 2.32. The number of carbonyl (C=O) groups excluding carboxylic acids is 1. The summed E-state index contributed by atoms with van der Waals surface area (Å²) in [5.74, 6) is 0.451. The molecule has 24 heavy (non-hydrogen) atoms. The maximum atomic E-state index is 12.8. The lowest BCUT2D eigenvalue weighted by molar-refractivity contribution is -0.113. The molecule has 2 aromatic heterocycles. The fraction of sp³-hybridized carbons (Fsp3) is 0.267. The predicted octanol–water partition coefficient (Wildman–Crippen LogP) is 1.47. The summed E-state index contributed by atoms with van der Waals surface area (Å²) < 4.78 is 1.64. The van der Waals surface area contributed by atoms with Crippen molar-refractivity contribution in [2.24, 2.45) is 0 Å². The second-order valence-electron chi connectivity index (χ2n) is 5.78. The highest BCUT2D eigenvalue weighted by atomic mass is 16.1. The predicted molar refractivity (Wildman–Crippen MR) is 88.4 cm³/mol. The topological polar surface area (TPSA) is 105 Å². The molecule has 1 atom stereocenters. The van der Waals surface area contributed by atoms with Crippen molar-refractivity contribution in [1.29, 1.82) is 0 Å². The van der Waals surface area contributed by atoms with E-state index in [9.17, 15) is 4.79 Å². The molecule has 4 rings (SSSR count). The number of hydrogen-bond acceptors (Lipinski definition) is 6. The maximum Gasteiger partial charge on any atom is 0.255 e. The van der Waals surface area contributed by atoms with Crippen LogP contribution in [0.1, 0.15) is 19.9 Å². The summed E-state index contributed by atoms with van der Waals surface area (Å²) in [4.78, 5) is 14.7. The van der Waals surface area contributed by atoms with Gasteiger partial charge in [0.2, 0.25) is 5.95 Å². The molecule has 0 aliphatic carbocycles. The van der Waals surface area contributed by atoms with Crippen molar-refractivity contribution in [2.75, 3.05) is 17.3 Å². The third-order valence-corrected chi connectivity index (χ3v) is 4.40. The van der Waals surface area contributed by atoms with Crippen LogP contribution in [0.2, 0.25) is 0 Å². The molecule has 9 nitrogen and oxygen atoms in total. The molecular formula is C15H16N8O. The Bertz CT molecular complexity index is 969. The molecule has 1 aliphatic rings. The summed E-state index contributed by atoms with van der Waals surface area (Å²) in [6.07, 6.45) is 1.72. The Morgan fingerprint density at radius 3 is 3.04 bits per heavy atom. The van der Waals surface area contributed by atoms with Crippen LogP contribution in [0.25, 0.3) is 10.9 Å². The van der Waals surface area contributed by atoms with Gasteiger partial charge in [-0.1, -0.05) is 5.10 Å². The van der Waals surface area contributed by atoms with E-state index in [4.69, 9.17) is 0 Å². The van der Waals surface area contributed by atoms with Gasteiger partial charge >= 0.3 is 0 Å².